The van der Waals surface area contributed by atoms with E-state index in [2.05, 4.69) is 50.8 Å². The highest BCUT2D eigenvalue weighted by molar-refractivity contribution is 5.31. The van der Waals surface area contributed by atoms with Gasteiger partial charge in [-0.1, -0.05) is 32.0 Å². The lowest BCUT2D eigenvalue weighted by atomic mass is 9.99. The molecule has 1 aliphatic rings. The van der Waals surface area contributed by atoms with Gasteiger partial charge < -0.3 is 5.73 Å². The van der Waals surface area contributed by atoms with E-state index in [0.29, 0.717) is 0 Å². The van der Waals surface area contributed by atoms with Crippen molar-refractivity contribution < 1.29 is 0 Å². The molecule has 2 atom stereocenters. The monoisotopic (exact) mass is 260 g/mol. The van der Waals surface area contributed by atoms with Gasteiger partial charge in [0, 0.05) is 18.6 Å². The number of nitrogens with zero attached hydrogens (tertiary/aromatic N) is 1. The van der Waals surface area contributed by atoms with E-state index in [9.17, 15) is 0 Å². The molecule has 2 heteroatoms. The molecule has 1 saturated heterocycles. The van der Waals surface area contributed by atoms with Crippen LogP contribution < -0.4 is 5.73 Å². The van der Waals surface area contributed by atoms with Crippen LogP contribution in [0.5, 0.6) is 0 Å². The Morgan fingerprint density at radius 3 is 2.63 bits per heavy atom. The van der Waals surface area contributed by atoms with E-state index in [1.165, 1.54) is 36.1 Å². The molecule has 1 aliphatic heterocycles. The summed E-state index contributed by atoms with van der Waals surface area (Å²) >= 11 is 0. The molecular weight excluding hydrogens is 232 g/mol. The topological polar surface area (TPSA) is 29.3 Å². The van der Waals surface area contributed by atoms with Crippen molar-refractivity contribution in [3.05, 3.63) is 34.9 Å². The van der Waals surface area contributed by atoms with Gasteiger partial charge in [0.25, 0.3) is 0 Å². The molecule has 2 rings (SSSR count). The van der Waals surface area contributed by atoms with Gasteiger partial charge in [0.1, 0.15) is 0 Å². The summed E-state index contributed by atoms with van der Waals surface area (Å²) in [4.78, 5) is 2.59. The van der Waals surface area contributed by atoms with Crippen molar-refractivity contribution >= 4 is 0 Å². The maximum Gasteiger partial charge on any atom is 0.0424 e. The standard InChI is InChI=1S/C17H28N2/c1-12(2)17-6-5-9-19(17)11-16(18)15-8-7-13(3)14(4)10-15/h7-8,10,12,16-17H,5-6,9,11,18H2,1-4H3. The third kappa shape index (κ3) is 3.37. The normalized spacial score (nSPS) is 22.1. The molecule has 0 bridgehead atoms. The Bertz CT molecular complexity index is 425. The van der Waals surface area contributed by atoms with Gasteiger partial charge in [0.05, 0.1) is 0 Å². The Labute approximate surface area is 118 Å². The van der Waals surface area contributed by atoms with Crippen LogP contribution >= 0.6 is 0 Å². The average Bonchev–Trinajstić information content (AvgIpc) is 2.80. The Balaban J connectivity index is 2.04. The van der Waals surface area contributed by atoms with Gasteiger partial charge in [-0.25, -0.2) is 0 Å². The van der Waals surface area contributed by atoms with Crippen LogP contribution in [-0.4, -0.2) is 24.0 Å². The summed E-state index contributed by atoms with van der Waals surface area (Å²) in [5.41, 5.74) is 10.4. The molecule has 2 N–H and O–H groups in total. The van der Waals surface area contributed by atoms with Crippen molar-refractivity contribution in [3.8, 4) is 0 Å². The second-order valence-corrected chi connectivity index (χ2v) is 6.40. The highest BCUT2D eigenvalue weighted by Gasteiger charge is 2.28. The molecule has 19 heavy (non-hydrogen) atoms. The highest BCUT2D eigenvalue weighted by atomic mass is 15.2. The van der Waals surface area contributed by atoms with E-state index < -0.39 is 0 Å². The molecule has 1 heterocycles. The SMILES string of the molecule is Cc1ccc(C(N)CN2CCCC2C(C)C)cc1C. The summed E-state index contributed by atoms with van der Waals surface area (Å²) in [6.07, 6.45) is 2.65. The summed E-state index contributed by atoms with van der Waals surface area (Å²) in [5, 5.41) is 0. The molecular formula is C17H28N2. The molecule has 0 amide bonds. The van der Waals surface area contributed by atoms with Gasteiger partial charge >= 0.3 is 0 Å². The van der Waals surface area contributed by atoms with E-state index in [4.69, 9.17) is 5.73 Å². The summed E-state index contributed by atoms with van der Waals surface area (Å²) in [6, 6.07) is 7.48. The van der Waals surface area contributed by atoms with Crippen molar-refractivity contribution in [1.29, 1.82) is 0 Å². The maximum absolute atomic E-state index is 6.41. The van der Waals surface area contributed by atoms with Crippen molar-refractivity contribution in [2.24, 2.45) is 11.7 Å². The zero-order valence-corrected chi connectivity index (χ0v) is 12.8. The minimum Gasteiger partial charge on any atom is -0.323 e. The van der Waals surface area contributed by atoms with Crippen LogP contribution in [-0.2, 0) is 0 Å². The summed E-state index contributed by atoms with van der Waals surface area (Å²) in [7, 11) is 0. The quantitative estimate of drug-likeness (QED) is 0.898. The molecule has 0 spiro atoms. The number of benzene rings is 1. The van der Waals surface area contributed by atoms with Gasteiger partial charge in [0.2, 0.25) is 0 Å². The maximum atomic E-state index is 6.41. The Morgan fingerprint density at radius 1 is 1.26 bits per heavy atom. The van der Waals surface area contributed by atoms with Gasteiger partial charge in [-0.05, 0) is 55.8 Å². The summed E-state index contributed by atoms with van der Waals surface area (Å²) < 4.78 is 0. The second-order valence-electron chi connectivity index (χ2n) is 6.40. The van der Waals surface area contributed by atoms with E-state index in [0.717, 1.165) is 18.5 Å². The van der Waals surface area contributed by atoms with Crippen LogP contribution in [0.4, 0.5) is 0 Å². The van der Waals surface area contributed by atoms with E-state index >= 15 is 0 Å². The smallest absolute Gasteiger partial charge is 0.0424 e. The largest absolute Gasteiger partial charge is 0.323 e. The molecule has 0 radical (unpaired) electrons. The Morgan fingerprint density at radius 2 is 2.00 bits per heavy atom. The van der Waals surface area contributed by atoms with Crippen LogP contribution in [0, 0.1) is 19.8 Å². The fraction of sp³-hybridized carbons (Fsp3) is 0.647. The molecule has 1 fully saturated rings. The molecule has 1 aromatic carbocycles. The first kappa shape index (κ1) is 14.5. The van der Waals surface area contributed by atoms with Gasteiger partial charge in [-0.2, -0.15) is 0 Å². The van der Waals surface area contributed by atoms with Crippen molar-refractivity contribution in [3.63, 3.8) is 0 Å². The number of hydrogen-bond donors (Lipinski definition) is 1. The van der Waals surface area contributed by atoms with Crippen LogP contribution in [0.15, 0.2) is 18.2 Å². The van der Waals surface area contributed by atoms with Crippen molar-refractivity contribution in [1.82, 2.24) is 4.90 Å². The Kier molecular flexibility index (Phi) is 4.64. The first-order valence-electron chi connectivity index (χ1n) is 7.56. The number of rotatable bonds is 4. The lowest BCUT2D eigenvalue weighted by Gasteiger charge is -2.30. The number of nitrogens with two attached hydrogens (primary N) is 1. The van der Waals surface area contributed by atoms with E-state index in [1.807, 2.05) is 0 Å². The van der Waals surface area contributed by atoms with Crippen LogP contribution in [0.25, 0.3) is 0 Å². The fourth-order valence-electron chi connectivity index (χ4n) is 3.19. The highest BCUT2D eigenvalue weighted by Crippen LogP contribution is 2.26. The number of hydrogen-bond acceptors (Lipinski definition) is 2. The molecule has 0 aromatic heterocycles. The molecule has 0 saturated carbocycles. The van der Waals surface area contributed by atoms with Crippen LogP contribution in [0.3, 0.4) is 0 Å². The third-order valence-corrected chi connectivity index (χ3v) is 4.57. The fourth-order valence-corrected chi connectivity index (χ4v) is 3.19. The molecule has 2 nitrogen and oxygen atoms in total. The summed E-state index contributed by atoms with van der Waals surface area (Å²) in [6.45, 7) is 11.2. The Hall–Kier alpha value is -0.860. The predicted octanol–water partition coefficient (Wildman–Crippen LogP) is 3.42. The summed E-state index contributed by atoms with van der Waals surface area (Å²) in [5.74, 6) is 0.731. The van der Waals surface area contributed by atoms with Gasteiger partial charge in [-0.15, -0.1) is 0 Å². The average molecular weight is 260 g/mol. The van der Waals surface area contributed by atoms with E-state index in [-0.39, 0.29) is 6.04 Å². The first-order chi connectivity index (χ1) is 8.99. The first-order valence-corrected chi connectivity index (χ1v) is 7.56. The molecule has 2 unspecified atom stereocenters. The minimum absolute atomic E-state index is 0.138. The predicted molar refractivity (Wildman–Crippen MR) is 82.3 cm³/mol. The lowest BCUT2D eigenvalue weighted by Crippen LogP contribution is -2.38. The van der Waals surface area contributed by atoms with Crippen molar-refractivity contribution in [2.45, 2.75) is 52.6 Å². The molecule has 1 aromatic rings. The second kappa shape index (κ2) is 6.06. The number of likely N-dealkylation sites (tertiary alicyclic amines) is 1. The minimum atomic E-state index is 0.138. The van der Waals surface area contributed by atoms with Crippen LogP contribution in [0.2, 0.25) is 0 Å². The number of aryl methyl sites for hydroxylation is 2. The molecule has 106 valence electrons. The van der Waals surface area contributed by atoms with Gasteiger partial charge in [-0.3, -0.25) is 4.90 Å². The zero-order valence-electron chi connectivity index (χ0n) is 12.8. The lowest BCUT2D eigenvalue weighted by molar-refractivity contribution is 0.195. The third-order valence-electron chi connectivity index (χ3n) is 4.57. The van der Waals surface area contributed by atoms with Gasteiger partial charge in [0.15, 0.2) is 0 Å². The van der Waals surface area contributed by atoms with Crippen LogP contribution in [0.1, 0.15) is 49.4 Å². The van der Waals surface area contributed by atoms with E-state index in [1.54, 1.807) is 0 Å². The zero-order chi connectivity index (χ0) is 14.0. The molecule has 0 aliphatic carbocycles. The van der Waals surface area contributed by atoms with Crippen molar-refractivity contribution in [2.75, 3.05) is 13.1 Å².